The van der Waals surface area contributed by atoms with Gasteiger partial charge < -0.3 is 45.3 Å². The smallest absolute Gasteiger partial charge is 0.343 e. The Bertz CT molecular complexity index is 2320. The number of ether oxygens (including phenoxy) is 3. The Labute approximate surface area is 417 Å². The van der Waals surface area contributed by atoms with Gasteiger partial charge in [0.1, 0.15) is 24.3 Å². The number of esters is 1. The molecule has 1 aliphatic carbocycles. The first-order valence-corrected chi connectivity index (χ1v) is 25.9. The number of nitrogens with one attached hydrogen (secondary N) is 3. The van der Waals surface area contributed by atoms with Crippen molar-refractivity contribution in [3.8, 4) is 10.4 Å². The highest BCUT2D eigenvalue weighted by atomic mass is 32.1. The lowest BCUT2D eigenvalue weighted by Crippen LogP contribution is -2.58. The molecule has 70 heavy (non-hydrogen) atoms. The second-order valence-electron chi connectivity index (χ2n) is 20.8. The summed E-state index contributed by atoms with van der Waals surface area (Å²) in [6.45, 7) is 23.0. The zero-order valence-corrected chi connectivity index (χ0v) is 43.2. The predicted octanol–water partition coefficient (Wildman–Crippen LogP) is 5.16. The van der Waals surface area contributed by atoms with Crippen LogP contribution in [0.2, 0.25) is 0 Å². The number of aromatic nitrogens is 1. The van der Waals surface area contributed by atoms with Gasteiger partial charge >= 0.3 is 5.97 Å². The molecule has 4 atom stereocenters. The summed E-state index contributed by atoms with van der Waals surface area (Å²) in [6.07, 6.45) is 1.78. The van der Waals surface area contributed by atoms with Gasteiger partial charge in [0, 0.05) is 65.3 Å². The third-order valence-electron chi connectivity index (χ3n) is 14.4. The zero-order valence-electron chi connectivity index (χ0n) is 42.4. The second-order valence-corrected chi connectivity index (χ2v) is 21.7. The zero-order chi connectivity index (χ0) is 50.3. The van der Waals surface area contributed by atoms with Crippen molar-refractivity contribution in [2.24, 2.45) is 5.41 Å². The summed E-state index contributed by atoms with van der Waals surface area (Å²) in [4.78, 5) is 65.6. The van der Waals surface area contributed by atoms with E-state index in [0.29, 0.717) is 51.0 Å². The van der Waals surface area contributed by atoms with Gasteiger partial charge in [-0.05, 0) is 93.5 Å². The fraction of sp³-hybridized carbons (Fsp3) is 0.604. The van der Waals surface area contributed by atoms with Crippen molar-refractivity contribution >= 4 is 40.6 Å². The maximum Gasteiger partial charge on any atom is 0.343 e. The van der Waals surface area contributed by atoms with Crippen molar-refractivity contribution in [2.75, 3.05) is 78.7 Å². The van der Waals surface area contributed by atoms with E-state index in [2.05, 4.69) is 30.7 Å². The first-order valence-electron chi connectivity index (χ1n) is 25.0. The quantitative estimate of drug-likeness (QED) is 0.0782. The fourth-order valence-electron chi connectivity index (χ4n) is 10.4. The lowest BCUT2D eigenvalue weighted by molar-refractivity contribution is -0.152. The fourth-order valence-corrected chi connectivity index (χ4v) is 11.2. The van der Waals surface area contributed by atoms with Gasteiger partial charge in [-0.2, -0.15) is 0 Å². The molecule has 0 radical (unpaired) electrons. The van der Waals surface area contributed by atoms with E-state index < -0.39 is 47.0 Å². The van der Waals surface area contributed by atoms with Gasteiger partial charge in [0.15, 0.2) is 11.4 Å². The molecule has 1 spiro atoms. The molecule has 3 amide bonds. The van der Waals surface area contributed by atoms with Crippen LogP contribution in [0.5, 0.6) is 0 Å². The minimum atomic E-state index is -0.964. The standard InChI is InChI=1S/C53H75N7O9S/c1-33-27-34(2)44(35(3)28-33)45-48(63)53(69-51(45)66)15-13-41(14-16-53)68-25-18-54-17-19-58-20-22-59(23-21-58)24-26-67-31-43(62)57-47(52(6,7)8)50(65)60-30-40(61)29-42(60)49(64)56-36(4)38-9-11-39(12-10-38)46-37(5)55-32-70-46/h9-12,27-28,32,36,40-42,47,54,61,63H,13-26,29-31H2,1-8H3,(H,56,64)(H,57,62)/t36-,40+,41?,42?,47+,53?/m0/s1. The average Bonchev–Trinajstić information content (AvgIpc) is 4.00. The van der Waals surface area contributed by atoms with Crippen LogP contribution in [-0.2, 0) is 33.4 Å². The molecular weight excluding hydrogens is 911 g/mol. The maximum absolute atomic E-state index is 14.1. The normalized spacial score (nSPS) is 23.2. The molecule has 3 aromatic rings. The third-order valence-corrected chi connectivity index (χ3v) is 15.4. The molecule has 4 aliphatic rings. The van der Waals surface area contributed by atoms with E-state index in [4.69, 9.17) is 14.2 Å². The average molecular weight is 986 g/mol. The van der Waals surface area contributed by atoms with Crippen LogP contribution in [0.25, 0.3) is 16.0 Å². The van der Waals surface area contributed by atoms with E-state index in [1.807, 2.05) is 97.3 Å². The molecule has 382 valence electrons. The highest BCUT2D eigenvalue weighted by Crippen LogP contribution is 2.47. The number of benzene rings is 2. The number of piperazine rings is 1. The van der Waals surface area contributed by atoms with Crippen LogP contribution in [0.1, 0.15) is 99.4 Å². The molecule has 5 N–H and O–H groups in total. The minimum Gasteiger partial charge on any atom is -0.507 e. The van der Waals surface area contributed by atoms with Gasteiger partial charge in [0.25, 0.3) is 0 Å². The van der Waals surface area contributed by atoms with Crippen molar-refractivity contribution in [1.82, 2.24) is 35.6 Å². The molecule has 2 aromatic carbocycles. The van der Waals surface area contributed by atoms with E-state index in [1.54, 1.807) is 11.3 Å². The Hall–Kier alpha value is -4.75. The number of aliphatic hydroxyl groups is 2. The highest BCUT2D eigenvalue weighted by Gasteiger charge is 2.51. The van der Waals surface area contributed by atoms with Crippen LogP contribution in [0.4, 0.5) is 0 Å². The van der Waals surface area contributed by atoms with Gasteiger partial charge in [0.2, 0.25) is 17.7 Å². The minimum absolute atomic E-state index is 0.00136. The molecule has 16 nitrogen and oxygen atoms in total. The summed E-state index contributed by atoms with van der Waals surface area (Å²) in [5.41, 5.74) is 7.22. The van der Waals surface area contributed by atoms with Crippen LogP contribution in [0.3, 0.4) is 0 Å². The van der Waals surface area contributed by atoms with Gasteiger partial charge in [-0.3, -0.25) is 24.2 Å². The molecule has 3 fully saturated rings. The molecule has 1 saturated carbocycles. The molecule has 1 unspecified atom stereocenters. The lowest BCUT2D eigenvalue weighted by Gasteiger charge is -2.36. The lowest BCUT2D eigenvalue weighted by atomic mass is 9.80. The number of amides is 3. The summed E-state index contributed by atoms with van der Waals surface area (Å²) in [5, 5.41) is 31.4. The first kappa shape index (κ1) is 53.1. The number of β-amino-alcohol motifs (C(OH)–C–C–N with tert-alkyl or cyclic N) is 1. The number of thiazole rings is 1. The third kappa shape index (κ3) is 12.8. The predicted molar refractivity (Wildman–Crippen MR) is 270 cm³/mol. The van der Waals surface area contributed by atoms with Crippen molar-refractivity contribution in [2.45, 2.75) is 123 Å². The van der Waals surface area contributed by atoms with Crippen LogP contribution in [-0.4, -0.2) is 162 Å². The first-order chi connectivity index (χ1) is 33.3. The monoisotopic (exact) mass is 986 g/mol. The Balaban J connectivity index is 0.755. The topological polar surface area (TPSA) is 195 Å². The van der Waals surface area contributed by atoms with Crippen molar-refractivity contribution in [3.63, 3.8) is 0 Å². The SMILES string of the molecule is Cc1cc(C)c(C2=C(O)C3(CCC(OCCNCCN4CCN(CCOCC(=O)N[C@H](C(=O)N5C[C@H](O)CC5C(=O)N[C@@H](C)c5ccc(-c6scnc6C)cc5)C(C)(C)C)CC4)CC3)OC2=O)c(C)c1. The van der Waals surface area contributed by atoms with E-state index in [1.165, 1.54) is 4.90 Å². The van der Waals surface area contributed by atoms with E-state index >= 15 is 0 Å². The number of nitrogens with zero attached hydrogens (tertiary/aromatic N) is 4. The molecule has 1 aromatic heterocycles. The van der Waals surface area contributed by atoms with Crippen LogP contribution in [0.15, 0.2) is 47.7 Å². The van der Waals surface area contributed by atoms with Gasteiger partial charge in [-0.25, -0.2) is 9.78 Å². The summed E-state index contributed by atoms with van der Waals surface area (Å²) < 4.78 is 17.9. The summed E-state index contributed by atoms with van der Waals surface area (Å²) in [7, 11) is 0. The molecule has 3 aliphatic heterocycles. The summed E-state index contributed by atoms with van der Waals surface area (Å²) in [5.74, 6) is -1.57. The molecule has 0 bridgehead atoms. The van der Waals surface area contributed by atoms with Gasteiger partial charge in [-0.1, -0.05) is 62.7 Å². The van der Waals surface area contributed by atoms with E-state index in [0.717, 1.165) is 89.8 Å². The number of aliphatic hydroxyl groups excluding tert-OH is 2. The number of hydrogen-bond donors (Lipinski definition) is 5. The largest absolute Gasteiger partial charge is 0.507 e. The second kappa shape index (κ2) is 23.2. The van der Waals surface area contributed by atoms with Crippen LogP contribution in [0, 0.1) is 33.1 Å². The van der Waals surface area contributed by atoms with Crippen molar-refractivity contribution in [3.05, 3.63) is 81.2 Å². The Morgan fingerprint density at radius 2 is 1.60 bits per heavy atom. The summed E-state index contributed by atoms with van der Waals surface area (Å²) in [6, 6.07) is 9.87. The van der Waals surface area contributed by atoms with E-state index in [-0.39, 0.29) is 43.4 Å². The molecular formula is C53H75N7O9S. The summed E-state index contributed by atoms with van der Waals surface area (Å²) >= 11 is 1.58. The Kier molecular flexibility index (Phi) is 17.6. The Morgan fingerprint density at radius 3 is 2.23 bits per heavy atom. The van der Waals surface area contributed by atoms with Crippen LogP contribution < -0.4 is 16.0 Å². The number of likely N-dealkylation sites (tertiary alicyclic amines) is 1. The molecule has 17 heteroatoms. The van der Waals surface area contributed by atoms with Crippen LogP contribution >= 0.6 is 11.3 Å². The van der Waals surface area contributed by atoms with Gasteiger partial charge in [0.05, 0.1) is 47.5 Å². The molecule has 4 heterocycles. The van der Waals surface area contributed by atoms with Gasteiger partial charge in [-0.15, -0.1) is 11.3 Å². The molecule has 2 saturated heterocycles. The molecule has 7 rings (SSSR count). The number of rotatable bonds is 19. The number of aryl methyl sites for hydroxylation is 4. The van der Waals surface area contributed by atoms with E-state index in [9.17, 15) is 29.4 Å². The number of carbonyl (C=O) groups is 4. The maximum atomic E-state index is 14.1. The highest BCUT2D eigenvalue weighted by molar-refractivity contribution is 7.13. The number of carbonyl (C=O) groups excluding carboxylic acids is 4. The van der Waals surface area contributed by atoms with Crippen molar-refractivity contribution < 1.29 is 43.6 Å². The number of hydrogen-bond acceptors (Lipinski definition) is 14. The Morgan fingerprint density at radius 1 is 0.943 bits per heavy atom. The van der Waals surface area contributed by atoms with Crippen molar-refractivity contribution in [1.29, 1.82) is 0 Å².